The molecule has 28 heavy (non-hydrogen) atoms. The van der Waals surface area contributed by atoms with Crippen molar-refractivity contribution in [1.82, 2.24) is 19.4 Å². The van der Waals surface area contributed by atoms with E-state index >= 15 is 0 Å². The first-order valence-electron chi connectivity index (χ1n) is 9.65. The molecule has 146 valence electrons. The van der Waals surface area contributed by atoms with E-state index in [4.69, 9.17) is 4.74 Å². The van der Waals surface area contributed by atoms with Crippen LogP contribution >= 0.6 is 0 Å². The summed E-state index contributed by atoms with van der Waals surface area (Å²) in [6.07, 6.45) is 5.57. The minimum atomic E-state index is -0.165. The van der Waals surface area contributed by atoms with Gasteiger partial charge in [-0.2, -0.15) is 0 Å². The van der Waals surface area contributed by atoms with Crippen LogP contribution in [0.3, 0.4) is 0 Å². The molecule has 0 spiro atoms. The van der Waals surface area contributed by atoms with Gasteiger partial charge < -0.3 is 9.30 Å². The van der Waals surface area contributed by atoms with Crippen molar-refractivity contribution >= 4 is 0 Å². The topological polar surface area (TPSA) is 43.2 Å². The number of rotatable bonds is 5. The molecular weight excluding hydrogens is 355 g/mol. The lowest BCUT2D eigenvalue weighted by molar-refractivity contribution is 0.0115. The molecule has 0 N–H and O–H groups in total. The zero-order chi connectivity index (χ0) is 19.5. The zero-order valence-corrected chi connectivity index (χ0v) is 16.3. The van der Waals surface area contributed by atoms with Gasteiger partial charge in [0.2, 0.25) is 0 Å². The van der Waals surface area contributed by atoms with E-state index < -0.39 is 0 Å². The molecule has 0 radical (unpaired) electrons. The molecule has 4 rings (SSSR count). The van der Waals surface area contributed by atoms with Gasteiger partial charge in [0, 0.05) is 43.8 Å². The highest BCUT2D eigenvalue weighted by atomic mass is 19.1. The number of hydrogen-bond donors (Lipinski definition) is 0. The summed E-state index contributed by atoms with van der Waals surface area (Å²) in [6.45, 7) is 7.47. The van der Waals surface area contributed by atoms with Crippen LogP contribution in [0.15, 0.2) is 48.9 Å². The number of pyridine rings is 1. The third-order valence-corrected chi connectivity index (χ3v) is 5.42. The molecule has 0 amide bonds. The van der Waals surface area contributed by atoms with Gasteiger partial charge in [-0.3, -0.25) is 9.88 Å². The number of morpholine rings is 1. The Labute approximate surface area is 164 Å². The first kappa shape index (κ1) is 18.8. The van der Waals surface area contributed by atoms with E-state index in [-0.39, 0.29) is 11.9 Å². The van der Waals surface area contributed by atoms with Gasteiger partial charge in [-0.05, 0) is 37.1 Å². The van der Waals surface area contributed by atoms with Crippen LogP contribution in [-0.2, 0) is 11.3 Å². The fraction of sp³-hybridized carbons (Fsp3) is 0.364. The summed E-state index contributed by atoms with van der Waals surface area (Å²) in [4.78, 5) is 11.5. The molecule has 1 aromatic carbocycles. The van der Waals surface area contributed by atoms with E-state index in [2.05, 4.69) is 25.5 Å². The molecule has 1 unspecified atom stereocenters. The molecule has 2 aromatic heterocycles. The minimum absolute atomic E-state index is 0.105. The van der Waals surface area contributed by atoms with Crippen molar-refractivity contribution in [2.24, 2.45) is 0 Å². The number of halogens is 1. The van der Waals surface area contributed by atoms with Gasteiger partial charge in [0.15, 0.2) is 0 Å². The van der Waals surface area contributed by atoms with Crippen LogP contribution in [0, 0.1) is 19.7 Å². The van der Waals surface area contributed by atoms with Crippen LogP contribution in [-0.4, -0.2) is 45.7 Å². The fourth-order valence-electron chi connectivity index (χ4n) is 3.81. The molecule has 1 saturated heterocycles. The van der Waals surface area contributed by atoms with E-state index in [9.17, 15) is 4.39 Å². The number of benzene rings is 1. The summed E-state index contributed by atoms with van der Waals surface area (Å²) in [5, 5.41) is 0. The van der Waals surface area contributed by atoms with Crippen LogP contribution in [0.4, 0.5) is 4.39 Å². The van der Waals surface area contributed by atoms with Crippen LogP contribution in [0.25, 0.3) is 11.4 Å². The Kier molecular flexibility index (Phi) is 5.50. The Bertz CT molecular complexity index is 935. The van der Waals surface area contributed by atoms with Crippen LogP contribution in [0.2, 0.25) is 0 Å². The molecule has 0 saturated carbocycles. The summed E-state index contributed by atoms with van der Waals surface area (Å²) < 4.78 is 22.1. The summed E-state index contributed by atoms with van der Waals surface area (Å²) in [6, 6.07) is 9.89. The monoisotopic (exact) mass is 380 g/mol. The second-order valence-corrected chi connectivity index (χ2v) is 7.19. The molecular formula is C22H25FN4O. The number of aromatic nitrogens is 3. The highest BCUT2D eigenvalue weighted by Crippen LogP contribution is 2.29. The third kappa shape index (κ3) is 3.70. The third-order valence-electron chi connectivity index (χ3n) is 5.42. The maximum absolute atomic E-state index is 14.5. The van der Waals surface area contributed by atoms with Gasteiger partial charge in [-0.1, -0.05) is 18.2 Å². The molecule has 5 nitrogen and oxygen atoms in total. The lowest BCUT2D eigenvalue weighted by atomic mass is 10.0. The maximum atomic E-state index is 14.5. The van der Waals surface area contributed by atoms with Crippen LogP contribution in [0.5, 0.6) is 0 Å². The van der Waals surface area contributed by atoms with Gasteiger partial charge in [-0.15, -0.1) is 0 Å². The number of ether oxygens (including phenoxy) is 1. The molecule has 3 aromatic rings. The minimum Gasteiger partial charge on any atom is -0.379 e. The second kappa shape index (κ2) is 8.20. The normalized spacial score (nSPS) is 16.2. The van der Waals surface area contributed by atoms with Gasteiger partial charge in [0.05, 0.1) is 24.9 Å². The van der Waals surface area contributed by atoms with Crippen molar-refractivity contribution in [1.29, 1.82) is 0 Å². The van der Waals surface area contributed by atoms with Crippen molar-refractivity contribution in [2.75, 3.05) is 26.3 Å². The van der Waals surface area contributed by atoms with Crippen LogP contribution < -0.4 is 0 Å². The van der Waals surface area contributed by atoms with Gasteiger partial charge >= 0.3 is 0 Å². The summed E-state index contributed by atoms with van der Waals surface area (Å²) in [5.41, 5.74) is 3.14. The summed E-state index contributed by atoms with van der Waals surface area (Å²) in [7, 11) is 0. The molecule has 6 heteroatoms. The molecule has 1 aliphatic heterocycles. The van der Waals surface area contributed by atoms with Gasteiger partial charge in [0.1, 0.15) is 11.6 Å². The van der Waals surface area contributed by atoms with Crippen molar-refractivity contribution in [3.8, 4) is 11.4 Å². The van der Waals surface area contributed by atoms with E-state index in [1.807, 2.05) is 43.6 Å². The average molecular weight is 380 g/mol. The molecule has 0 aliphatic carbocycles. The number of imidazole rings is 1. The van der Waals surface area contributed by atoms with Crippen molar-refractivity contribution < 1.29 is 9.13 Å². The molecule has 1 fully saturated rings. The summed E-state index contributed by atoms with van der Waals surface area (Å²) >= 11 is 0. The predicted molar refractivity (Wildman–Crippen MR) is 106 cm³/mol. The lowest BCUT2D eigenvalue weighted by Crippen LogP contribution is -2.41. The Morgan fingerprint density at radius 1 is 1.07 bits per heavy atom. The van der Waals surface area contributed by atoms with E-state index in [1.165, 1.54) is 0 Å². The highest BCUT2D eigenvalue weighted by molar-refractivity contribution is 5.61. The Balaban J connectivity index is 1.69. The Morgan fingerprint density at radius 3 is 2.64 bits per heavy atom. The highest BCUT2D eigenvalue weighted by Gasteiger charge is 2.25. The van der Waals surface area contributed by atoms with Gasteiger partial charge in [0.25, 0.3) is 0 Å². The largest absolute Gasteiger partial charge is 0.379 e. The zero-order valence-electron chi connectivity index (χ0n) is 16.3. The second-order valence-electron chi connectivity index (χ2n) is 7.19. The van der Waals surface area contributed by atoms with E-state index in [0.29, 0.717) is 17.7 Å². The maximum Gasteiger partial charge on any atom is 0.140 e. The molecule has 0 bridgehead atoms. The average Bonchev–Trinajstić information content (AvgIpc) is 3.19. The van der Waals surface area contributed by atoms with Crippen LogP contribution in [0.1, 0.15) is 22.9 Å². The van der Waals surface area contributed by atoms with E-state index in [0.717, 1.165) is 43.4 Å². The molecule has 3 heterocycles. The number of nitrogens with zero attached hydrogens (tertiary/aromatic N) is 4. The summed E-state index contributed by atoms with van der Waals surface area (Å²) in [5.74, 6) is 0.618. The Hall–Kier alpha value is -2.57. The van der Waals surface area contributed by atoms with Crippen molar-refractivity contribution in [3.63, 3.8) is 0 Å². The number of aryl methyl sites for hydroxylation is 1. The Morgan fingerprint density at radius 2 is 1.89 bits per heavy atom. The first-order chi connectivity index (χ1) is 13.6. The van der Waals surface area contributed by atoms with E-state index in [1.54, 1.807) is 13.1 Å². The quantitative estimate of drug-likeness (QED) is 0.676. The molecule has 1 atom stereocenters. The standard InChI is InChI=1S/C22H25FN4O/c1-16-6-7-18(17(2)21(16)23)22-25-9-10-27(22)15-20(19-5-3-4-8-24-19)26-11-13-28-14-12-26/h3-10,20H,11-15H2,1-2H3. The van der Waals surface area contributed by atoms with Gasteiger partial charge in [-0.25, -0.2) is 9.37 Å². The number of hydrogen-bond acceptors (Lipinski definition) is 4. The molecule has 1 aliphatic rings. The SMILES string of the molecule is Cc1ccc(-c2nccn2CC(c2ccccn2)N2CCOCC2)c(C)c1F. The first-order valence-corrected chi connectivity index (χ1v) is 9.65. The smallest absolute Gasteiger partial charge is 0.140 e. The van der Waals surface area contributed by atoms with Crippen molar-refractivity contribution in [2.45, 2.75) is 26.4 Å². The van der Waals surface area contributed by atoms with Crippen molar-refractivity contribution in [3.05, 3.63) is 71.6 Å². The lowest BCUT2D eigenvalue weighted by Gasteiger charge is -2.34. The predicted octanol–water partition coefficient (Wildman–Crippen LogP) is 3.77. The fourth-order valence-corrected chi connectivity index (χ4v) is 3.81.